The monoisotopic (exact) mass is 286 g/mol. The van der Waals surface area contributed by atoms with E-state index in [4.69, 9.17) is 8.83 Å². The van der Waals surface area contributed by atoms with E-state index in [-0.39, 0.29) is 11.6 Å². The number of aryl methyl sites for hydroxylation is 1. The third kappa shape index (κ3) is 2.86. The fraction of sp³-hybridized carbons (Fsp3) is 0.214. The fourth-order valence-electron chi connectivity index (χ4n) is 1.95. The average molecular weight is 286 g/mol. The van der Waals surface area contributed by atoms with Crippen LogP contribution in [0.1, 0.15) is 16.1 Å². The molecule has 3 aromatic rings. The van der Waals surface area contributed by atoms with Gasteiger partial charge in [0.2, 0.25) is 5.76 Å². The summed E-state index contributed by atoms with van der Waals surface area (Å²) in [7, 11) is 0. The van der Waals surface area contributed by atoms with Crippen LogP contribution in [0.2, 0.25) is 0 Å². The van der Waals surface area contributed by atoms with Gasteiger partial charge in [-0.2, -0.15) is 5.10 Å². The van der Waals surface area contributed by atoms with E-state index in [1.807, 2.05) is 13.1 Å². The van der Waals surface area contributed by atoms with Crippen molar-refractivity contribution in [3.8, 4) is 11.5 Å². The molecular weight excluding hydrogens is 272 g/mol. The summed E-state index contributed by atoms with van der Waals surface area (Å²) in [5.74, 6) is 0.492. The first kappa shape index (κ1) is 13.2. The first-order valence-corrected chi connectivity index (χ1v) is 6.48. The number of hydrogen-bond acceptors (Lipinski definition) is 5. The van der Waals surface area contributed by atoms with Gasteiger partial charge >= 0.3 is 0 Å². The minimum Gasteiger partial charge on any atom is -0.461 e. The summed E-state index contributed by atoms with van der Waals surface area (Å²) in [6.07, 6.45) is 6.42. The maximum atomic E-state index is 12.1. The van der Waals surface area contributed by atoms with Crippen LogP contribution in [0.25, 0.3) is 11.5 Å². The number of hydrogen-bond donors (Lipinski definition) is 1. The third-order valence-electron chi connectivity index (χ3n) is 2.92. The van der Waals surface area contributed by atoms with Gasteiger partial charge in [0.05, 0.1) is 19.0 Å². The molecular formula is C14H14N4O3. The molecule has 3 heterocycles. The molecule has 0 saturated heterocycles. The lowest BCUT2D eigenvalue weighted by Crippen LogP contribution is -2.28. The predicted molar refractivity (Wildman–Crippen MR) is 73.5 cm³/mol. The molecule has 0 saturated carbocycles. The molecule has 21 heavy (non-hydrogen) atoms. The molecule has 3 aromatic heterocycles. The van der Waals surface area contributed by atoms with E-state index in [9.17, 15) is 4.79 Å². The Morgan fingerprint density at radius 3 is 3.05 bits per heavy atom. The number of carbonyl (C=O) groups excluding carboxylic acids is 1. The number of oxazole rings is 1. The summed E-state index contributed by atoms with van der Waals surface area (Å²) in [5.41, 5.74) is 1.29. The van der Waals surface area contributed by atoms with Crippen LogP contribution in [0.3, 0.4) is 0 Å². The van der Waals surface area contributed by atoms with Crippen LogP contribution in [0.4, 0.5) is 0 Å². The highest BCUT2D eigenvalue weighted by molar-refractivity contribution is 5.97. The van der Waals surface area contributed by atoms with E-state index in [2.05, 4.69) is 15.4 Å². The molecule has 0 aliphatic carbocycles. The predicted octanol–water partition coefficient (Wildman–Crippen LogP) is 1.87. The van der Waals surface area contributed by atoms with Crippen LogP contribution in [0.15, 0.2) is 46.0 Å². The maximum absolute atomic E-state index is 12.1. The summed E-state index contributed by atoms with van der Waals surface area (Å²) in [5, 5.41) is 6.93. The Morgan fingerprint density at radius 1 is 1.43 bits per heavy atom. The van der Waals surface area contributed by atoms with Crippen LogP contribution < -0.4 is 5.32 Å². The molecule has 1 amide bonds. The molecule has 7 nitrogen and oxygen atoms in total. The van der Waals surface area contributed by atoms with Crippen LogP contribution in [0, 0.1) is 6.92 Å². The normalized spacial score (nSPS) is 10.7. The lowest BCUT2D eigenvalue weighted by molar-refractivity contribution is 0.0947. The van der Waals surface area contributed by atoms with Gasteiger partial charge in [-0.05, 0) is 24.6 Å². The zero-order chi connectivity index (χ0) is 14.7. The van der Waals surface area contributed by atoms with Gasteiger partial charge in [0.25, 0.3) is 5.91 Å². The Morgan fingerprint density at radius 2 is 2.33 bits per heavy atom. The second kappa shape index (κ2) is 5.66. The molecule has 0 fully saturated rings. The Kier molecular flexibility index (Phi) is 3.55. The molecule has 0 radical (unpaired) electrons. The largest absolute Gasteiger partial charge is 0.461 e. The van der Waals surface area contributed by atoms with Crippen LogP contribution in [0.5, 0.6) is 0 Å². The van der Waals surface area contributed by atoms with Gasteiger partial charge < -0.3 is 14.2 Å². The van der Waals surface area contributed by atoms with Crippen LogP contribution in [-0.2, 0) is 6.54 Å². The highest BCUT2D eigenvalue weighted by Crippen LogP contribution is 2.23. The third-order valence-corrected chi connectivity index (χ3v) is 2.92. The van der Waals surface area contributed by atoms with Crippen molar-refractivity contribution in [1.82, 2.24) is 20.1 Å². The Hall–Kier alpha value is -2.83. The van der Waals surface area contributed by atoms with Gasteiger partial charge in [0.15, 0.2) is 17.8 Å². The molecule has 1 N–H and O–H groups in total. The highest BCUT2D eigenvalue weighted by Gasteiger charge is 2.19. The number of furan rings is 1. The summed E-state index contributed by atoms with van der Waals surface area (Å²) in [6, 6.07) is 3.43. The van der Waals surface area contributed by atoms with Gasteiger partial charge in [-0.1, -0.05) is 0 Å². The van der Waals surface area contributed by atoms with Crippen molar-refractivity contribution in [3.63, 3.8) is 0 Å². The molecule has 7 heteroatoms. The van der Waals surface area contributed by atoms with Gasteiger partial charge in [-0.15, -0.1) is 0 Å². The summed E-state index contributed by atoms with van der Waals surface area (Å²) < 4.78 is 12.2. The maximum Gasteiger partial charge on any atom is 0.274 e. The number of amides is 1. The van der Waals surface area contributed by atoms with E-state index in [1.54, 1.807) is 23.0 Å². The van der Waals surface area contributed by atoms with Crippen molar-refractivity contribution in [3.05, 3.63) is 48.4 Å². The van der Waals surface area contributed by atoms with Crippen molar-refractivity contribution in [2.24, 2.45) is 0 Å². The average Bonchev–Trinajstić information content (AvgIpc) is 3.19. The van der Waals surface area contributed by atoms with Gasteiger partial charge in [0.1, 0.15) is 0 Å². The SMILES string of the molecule is Cc1cnn(CCNC(=O)c2ncoc2-c2ccco2)c1. The van der Waals surface area contributed by atoms with E-state index in [0.29, 0.717) is 24.6 Å². The van der Waals surface area contributed by atoms with E-state index in [1.165, 1.54) is 12.7 Å². The topological polar surface area (TPSA) is 86.1 Å². The Labute approximate surface area is 120 Å². The molecule has 0 spiro atoms. The van der Waals surface area contributed by atoms with Crippen molar-refractivity contribution in [1.29, 1.82) is 0 Å². The van der Waals surface area contributed by atoms with Crippen molar-refractivity contribution >= 4 is 5.91 Å². The van der Waals surface area contributed by atoms with Gasteiger partial charge in [-0.25, -0.2) is 4.98 Å². The molecule has 108 valence electrons. The van der Waals surface area contributed by atoms with E-state index >= 15 is 0 Å². The molecule has 0 bridgehead atoms. The minimum absolute atomic E-state index is 0.210. The van der Waals surface area contributed by atoms with E-state index in [0.717, 1.165) is 5.56 Å². The lowest BCUT2D eigenvalue weighted by Gasteiger charge is -2.04. The summed E-state index contributed by atoms with van der Waals surface area (Å²) >= 11 is 0. The first-order chi connectivity index (χ1) is 10.2. The van der Waals surface area contributed by atoms with E-state index < -0.39 is 0 Å². The Balaban J connectivity index is 1.62. The minimum atomic E-state index is -0.306. The molecule has 0 aromatic carbocycles. The molecule has 0 aliphatic heterocycles. The highest BCUT2D eigenvalue weighted by atomic mass is 16.4. The standard InChI is InChI=1S/C14H14N4O3/c1-10-7-17-18(8-10)5-4-15-14(19)12-13(21-9-16-12)11-3-2-6-20-11/h2-3,6-9H,4-5H2,1H3,(H,15,19). The van der Waals surface area contributed by atoms with Crippen molar-refractivity contribution in [2.45, 2.75) is 13.5 Å². The molecule has 3 rings (SSSR count). The quantitative estimate of drug-likeness (QED) is 0.773. The number of rotatable bonds is 5. The number of aromatic nitrogens is 3. The number of nitrogens with one attached hydrogen (secondary N) is 1. The van der Waals surface area contributed by atoms with Crippen molar-refractivity contribution < 1.29 is 13.6 Å². The van der Waals surface area contributed by atoms with Crippen LogP contribution in [-0.4, -0.2) is 27.2 Å². The Bertz CT molecular complexity index is 727. The number of carbonyl (C=O) groups is 1. The molecule has 0 atom stereocenters. The first-order valence-electron chi connectivity index (χ1n) is 6.48. The summed E-state index contributed by atoms with van der Waals surface area (Å²) in [6.45, 7) is 3.00. The number of nitrogens with zero attached hydrogens (tertiary/aromatic N) is 3. The lowest BCUT2D eigenvalue weighted by atomic mass is 10.2. The summed E-state index contributed by atoms with van der Waals surface area (Å²) in [4.78, 5) is 16.1. The van der Waals surface area contributed by atoms with Crippen molar-refractivity contribution in [2.75, 3.05) is 6.54 Å². The smallest absolute Gasteiger partial charge is 0.274 e. The second-order valence-corrected chi connectivity index (χ2v) is 4.54. The van der Waals surface area contributed by atoms with Gasteiger partial charge in [-0.3, -0.25) is 9.48 Å². The zero-order valence-electron chi connectivity index (χ0n) is 11.4. The fourth-order valence-corrected chi connectivity index (χ4v) is 1.95. The second-order valence-electron chi connectivity index (χ2n) is 4.54. The zero-order valence-corrected chi connectivity index (χ0v) is 11.4. The van der Waals surface area contributed by atoms with Crippen LogP contribution >= 0.6 is 0 Å². The molecule has 0 unspecified atom stereocenters. The van der Waals surface area contributed by atoms with Gasteiger partial charge in [0, 0.05) is 12.7 Å². The molecule has 0 aliphatic rings.